The van der Waals surface area contributed by atoms with E-state index < -0.39 is 15.8 Å². The predicted octanol–water partition coefficient (Wildman–Crippen LogP) is 3.60. The summed E-state index contributed by atoms with van der Waals surface area (Å²) in [6.45, 7) is 3.09. The van der Waals surface area contributed by atoms with E-state index in [1.807, 2.05) is 0 Å². The van der Waals surface area contributed by atoms with Crippen LogP contribution in [0.15, 0.2) is 35.2 Å². The number of nitrogens with one attached hydrogen (secondary N) is 1. The Kier molecular flexibility index (Phi) is 4.11. The first kappa shape index (κ1) is 15.6. The van der Waals surface area contributed by atoms with Crippen molar-refractivity contribution in [2.45, 2.75) is 18.7 Å². The van der Waals surface area contributed by atoms with Gasteiger partial charge in [0.15, 0.2) is 0 Å². The second-order valence-corrected chi connectivity index (χ2v) is 6.72. The molecule has 0 aliphatic carbocycles. The largest absolute Gasteiger partial charge is 0.505 e. The summed E-state index contributed by atoms with van der Waals surface area (Å²) in [6.07, 6.45) is 0. The molecule has 2 N–H and O–H groups in total. The van der Waals surface area contributed by atoms with Crippen LogP contribution in [0.5, 0.6) is 5.75 Å². The zero-order valence-electron chi connectivity index (χ0n) is 11.3. The molecule has 112 valence electrons. The van der Waals surface area contributed by atoms with Gasteiger partial charge in [0.2, 0.25) is 0 Å². The fourth-order valence-corrected chi connectivity index (χ4v) is 3.49. The Balaban J connectivity index is 2.47. The number of rotatable bonds is 3. The highest BCUT2D eigenvalue weighted by molar-refractivity contribution is 7.92. The summed E-state index contributed by atoms with van der Waals surface area (Å²) in [5, 5.41) is 10.2. The van der Waals surface area contributed by atoms with Crippen LogP contribution in [0.3, 0.4) is 0 Å². The molecule has 0 saturated carbocycles. The summed E-state index contributed by atoms with van der Waals surface area (Å²) in [4.78, 5) is -0.0686. The van der Waals surface area contributed by atoms with Crippen LogP contribution in [0.1, 0.15) is 11.1 Å². The Morgan fingerprint density at radius 1 is 1.14 bits per heavy atom. The van der Waals surface area contributed by atoms with Crippen molar-refractivity contribution >= 4 is 27.3 Å². The first-order valence-corrected chi connectivity index (χ1v) is 7.85. The zero-order valence-corrected chi connectivity index (χ0v) is 12.9. The lowest BCUT2D eigenvalue weighted by Crippen LogP contribution is -2.14. The van der Waals surface area contributed by atoms with E-state index in [9.17, 15) is 17.9 Å². The summed E-state index contributed by atoms with van der Waals surface area (Å²) < 4.78 is 40.0. The van der Waals surface area contributed by atoms with Crippen molar-refractivity contribution in [1.29, 1.82) is 0 Å². The number of sulfonamides is 1. The molecule has 4 nitrogen and oxygen atoms in total. The van der Waals surface area contributed by atoms with Crippen molar-refractivity contribution in [1.82, 2.24) is 0 Å². The van der Waals surface area contributed by atoms with E-state index in [4.69, 9.17) is 11.6 Å². The number of hydrogen-bond donors (Lipinski definition) is 2. The second kappa shape index (κ2) is 5.54. The molecule has 0 atom stereocenters. The Morgan fingerprint density at radius 3 is 2.43 bits per heavy atom. The van der Waals surface area contributed by atoms with Crippen LogP contribution in [0.4, 0.5) is 10.1 Å². The Morgan fingerprint density at radius 2 is 1.81 bits per heavy atom. The molecule has 21 heavy (non-hydrogen) atoms. The molecular weight excluding hydrogens is 317 g/mol. The topological polar surface area (TPSA) is 66.4 Å². The molecule has 0 amide bonds. The van der Waals surface area contributed by atoms with Crippen LogP contribution in [0, 0.1) is 19.7 Å². The van der Waals surface area contributed by atoms with Crippen molar-refractivity contribution in [3.05, 3.63) is 52.3 Å². The molecule has 0 bridgehead atoms. The van der Waals surface area contributed by atoms with Crippen LogP contribution in [0.2, 0.25) is 5.02 Å². The maximum Gasteiger partial charge on any atom is 0.262 e. The Hall–Kier alpha value is -1.79. The van der Waals surface area contributed by atoms with Crippen molar-refractivity contribution in [2.24, 2.45) is 0 Å². The molecule has 2 aromatic rings. The summed E-state index contributed by atoms with van der Waals surface area (Å²) in [5.74, 6) is -0.726. The average molecular weight is 330 g/mol. The SMILES string of the molecule is Cc1cc(F)ccc1S(=O)(=O)Nc1cc(Cl)cc(C)c1O. The summed E-state index contributed by atoms with van der Waals surface area (Å²) in [7, 11) is -3.95. The molecular formula is C14H13ClFNO3S. The molecule has 0 radical (unpaired) electrons. The average Bonchev–Trinajstić information content (AvgIpc) is 2.34. The number of benzene rings is 2. The van der Waals surface area contributed by atoms with Gasteiger partial charge in [-0.25, -0.2) is 12.8 Å². The van der Waals surface area contributed by atoms with Gasteiger partial charge in [-0.3, -0.25) is 4.72 Å². The highest BCUT2D eigenvalue weighted by Crippen LogP contribution is 2.33. The lowest BCUT2D eigenvalue weighted by atomic mass is 10.2. The third kappa shape index (κ3) is 3.28. The molecule has 0 aliphatic heterocycles. The monoisotopic (exact) mass is 329 g/mol. The minimum Gasteiger partial charge on any atom is -0.505 e. The van der Waals surface area contributed by atoms with Gasteiger partial charge in [-0.15, -0.1) is 0 Å². The smallest absolute Gasteiger partial charge is 0.262 e. The molecule has 0 fully saturated rings. The van der Waals surface area contributed by atoms with E-state index in [0.717, 1.165) is 12.1 Å². The van der Waals surface area contributed by atoms with Crippen LogP contribution >= 0.6 is 11.6 Å². The number of halogens is 2. The summed E-state index contributed by atoms with van der Waals surface area (Å²) >= 11 is 5.85. The molecule has 0 spiro atoms. The van der Waals surface area contributed by atoms with Gasteiger partial charge >= 0.3 is 0 Å². The Bertz CT molecular complexity index is 806. The third-order valence-corrected chi connectivity index (χ3v) is 4.68. The molecule has 0 saturated heterocycles. The van der Waals surface area contributed by atoms with E-state index in [-0.39, 0.29) is 21.9 Å². The molecule has 0 aromatic heterocycles. The minimum absolute atomic E-state index is 0.0243. The molecule has 2 rings (SSSR count). The number of phenolic OH excluding ortho intramolecular Hbond substituents is 1. The fraction of sp³-hybridized carbons (Fsp3) is 0.143. The summed E-state index contributed by atoms with van der Waals surface area (Å²) in [5.41, 5.74) is 0.681. The first-order valence-electron chi connectivity index (χ1n) is 5.99. The lowest BCUT2D eigenvalue weighted by molar-refractivity contribution is 0.473. The van der Waals surface area contributed by atoms with Gasteiger partial charge in [0, 0.05) is 5.02 Å². The maximum absolute atomic E-state index is 13.1. The van der Waals surface area contributed by atoms with Gasteiger partial charge in [0.05, 0.1) is 10.6 Å². The zero-order chi connectivity index (χ0) is 15.8. The number of aryl methyl sites for hydroxylation is 2. The molecule has 7 heteroatoms. The van der Waals surface area contributed by atoms with E-state index >= 15 is 0 Å². The van der Waals surface area contributed by atoms with Gasteiger partial charge in [0.25, 0.3) is 10.0 Å². The number of phenols is 1. The normalized spacial score (nSPS) is 11.4. The molecule has 2 aromatic carbocycles. The van der Waals surface area contributed by atoms with Crippen LogP contribution in [-0.4, -0.2) is 13.5 Å². The molecule has 0 aliphatic rings. The third-order valence-electron chi connectivity index (χ3n) is 2.94. The van der Waals surface area contributed by atoms with Crippen LogP contribution in [0.25, 0.3) is 0 Å². The van der Waals surface area contributed by atoms with Gasteiger partial charge in [-0.1, -0.05) is 11.6 Å². The molecule has 0 unspecified atom stereocenters. The number of hydrogen-bond acceptors (Lipinski definition) is 3. The van der Waals surface area contributed by atoms with E-state index in [2.05, 4.69) is 4.72 Å². The first-order chi connectivity index (χ1) is 9.70. The van der Waals surface area contributed by atoms with Gasteiger partial charge < -0.3 is 5.11 Å². The molecule has 0 heterocycles. The van der Waals surface area contributed by atoms with Gasteiger partial charge in [-0.05, 0) is 55.3 Å². The number of aromatic hydroxyl groups is 1. The fourth-order valence-electron chi connectivity index (χ4n) is 1.93. The van der Waals surface area contributed by atoms with Crippen molar-refractivity contribution < 1.29 is 17.9 Å². The minimum atomic E-state index is -3.95. The van der Waals surface area contributed by atoms with Crippen LogP contribution < -0.4 is 4.72 Å². The number of anilines is 1. The standard InChI is InChI=1S/C14H13ClFNO3S/c1-8-6-11(16)3-4-13(8)21(19,20)17-12-7-10(15)5-9(2)14(12)18/h3-7,17-18H,1-2H3. The van der Waals surface area contributed by atoms with E-state index in [1.165, 1.54) is 25.1 Å². The lowest BCUT2D eigenvalue weighted by Gasteiger charge is -2.13. The Labute approximate surface area is 127 Å². The second-order valence-electron chi connectivity index (χ2n) is 4.63. The van der Waals surface area contributed by atoms with E-state index in [1.54, 1.807) is 6.92 Å². The maximum atomic E-state index is 13.1. The highest BCUT2D eigenvalue weighted by atomic mass is 35.5. The van der Waals surface area contributed by atoms with Crippen molar-refractivity contribution in [3.63, 3.8) is 0 Å². The quantitative estimate of drug-likeness (QED) is 0.845. The highest BCUT2D eigenvalue weighted by Gasteiger charge is 2.19. The van der Waals surface area contributed by atoms with Crippen LogP contribution in [-0.2, 0) is 10.0 Å². The van der Waals surface area contributed by atoms with Crippen molar-refractivity contribution in [2.75, 3.05) is 4.72 Å². The summed E-state index contributed by atoms with van der Waals surface area (Å²) in [6, 6.07) is 6.17. The van der Waals surface area contributed by atoms with Gasteiger partial charge in [-0.2, -0.15) is 0 Å². The predicted molar refractivity (Wildman–Crippen MR) is 79.8 cm³/mol. The van der Waals surface area contributed by atoms with Gasteiger partial charge in [0.1, 0.15) is 11.6 Å². The van der Waals surface area contributed by atoms with Crippen molar-refractivity contribution in [3.8, 4) is 5.75 Å². The van der Waals surface area contributed by atoms with E-state index in [0.29, 0.717) is 10.6 Å².